The molecule has 1 aliphatic heterocycles. The Morgan fingerprint density at radius 1 is 1.23 bits per heavy atom. The number of aliphatic carboxylic acids is 1. The highest BCUT2D eigenvalue weighted by molar-refractivity contribution is 5.85. The molecule has 0 bridgehead atoms. The summed E-state index contributed by atoms with van der Waals surface area (Å²) in [6.45, 7) is 0.418. The van der Waals surface area contributed by atoms with Gasteiger partial charge in [0.1, 0.15) is 11.8 Å². The van der Waals surface area contributed by atoms with Gasteiger partial charge in [-0.05, 0) is 42.7 Å². The number of hydrogen-bond acceptors (Lipinski definition) is 3. The van der Waals surface area contributed by atoms with Crippen LogP contribution in [0.2, 0.25) is 0 Å². The Morgan fingerprint density at radius 2 is 1.96 bits per heavy atom. The summed E-state index contributed by atoms with van der Waals surface area (Å²) in [5, 5.41) is 9.50. The summed E-state index contributed by atoms with van der Waals surface area (Å²) in [6, 6.07) is 4.85. The molecule has 3 atom stereocenters. The van der Waals surface area contributed by atoms with Crippen molar-refractivity contribution in [2.75, 3.05) is 6.54 Å². The third-order valence-corrected chi connectivity index (χ3v) is 5.27. The van der Waals surface area contributed by atoms with Crippen molar-refractivity contribution < 1.29 is 32.6 Å². The monoisotopic (exact) mass is 371 g/mol. The number of nitrogens with zero attached hydrogens (tertiary/aromatic N) is 1. The second-order valence-electron chi connectivity index (χ2n) is 6.84. The molecule has 142 valence electrons. The van der Waals surface area contributed by atoms with Crippen LogP contribution >= 0.6 is 0 Å². The second kappa shape index (κ2) is 7.17. The van der Waals surface area contributed by atoms with Gasteiger partial charge < -0.3 is 14.7 Å². The topological polar surface area (TPSA) is 66.8 Å². The van der Waals surface area contributed by atoms with Gasteiger partial charge in [0.05, 0.1) is 0 Å². The number of carbonyl (C=O) groups excluding carboxylic acids is 1. The smallest absolute Gasteiger partial charge is 0.480 e. The maximum absolute atomic E-state index is 12.6. The first kappa shape index (κ1) is 18.5. The van der Waals surface area contributed by atoms with E-state index >= 15 is 0 Å². The van der Waals surface area contributed by atoms with Crippen LogP contribution in [-0.2, 0) is 16.0 Å². The van der Waals surface area contributed by atoms with Gasteiger partial charge in [0.25, 0.3) is 0 Å². The van der Waals surface area contributed by atoms with Gasteiger partial charge in [0.2, 0.25) is 5.91 Å². The van der Waals surface area contributed by atoms with Crippen LogP contribution in [0.15, 0.2) is 24.3 Å². The Morgan fingerprint density at radius 3 is 2.65 bits per heavy atom. The van der Waals surface area contributed by atoms with E-state index in [1.54, 1.807) is 6.07 Å². The number of rotatable bonds is 5. The molecule has 1 heterocycles. The Bertz CT molecular complexity index is 691. The second-order valence-corrected chi connectivity index (χ2v) is 6.84. The summed E-state index contributed by atoms with van der Waals surface area (Å²) in [6.07, 6.45) is -2.11. The van der Waals surface area contributed by atoms with Crippen LogP contribution in [0.3, 0.4) is 0 Å². The van der Waals surface area contributed by atoms with E-state index < -0.39 is 18.4 Å². The lowest BCUT2D eigenvalue weighted by Gasteiger charge is -2.24. The van der Waals surface area contributed by atoms with Gasteiger partial charge in [0.15, 0.2) is 0 Å². The van der Waals surface area contributed by atoms with Gasteiger partial charge in [-0.3, -0.25) is 4.79 Å². The average Bonchev–Trinajstić information content (AvgIpc) is 3.12. The fourth-order valence-corrected chi connectivity index (χ4v) is 4.20. The number of carbonyl (C=O) groups is 2. The first-order valence-corrected chi connectivity index (χ1v) is 8.62. The molecule has 1 saturated heterocycles. The molecule has 0 aromatic heterocycles. The lowest BCUT2D eigenvalue weighted by Crippen LogP contribution is -2.43. The van der Waals surface area contributed by atoms with Gasteiger partial charge in [-0.25, -0.2) is 4.79 Å². The molecular weight excluding hydrogens is 351 g/mol. The predicted octanol–water partition coefficient (Wildman–Crippen LogP) is 3.23. The zero-order valence-electron chi connectivity index (χ0n) is 14.0. The predicted molar refractivity (Wildman–Crippen MR) is 85.4 cm³/mol. The number of ether oxygens (including phenoxy) is 1. The van der Waals surface area contributed by atoms with Crippen LogP contribution in [0.25, 0.3) is 0 Å². The van der Waals surface area contributed by atoms with Gasteiger partial charge in [-0.15, -0.1) is 13.2 Å². The Balaban J connectivity index is 1.67. The van der Waals surface area contributed by atoms with E-state index in [-0.39, 0.29) is 41.9 Å². The zero-order valence-corrected chi connectivity index (χ0v) is 14.0. The molecule has 1 aromatic carbocycles. The highest BCUT2D eigenvalue weighted by Crippen LogP contribution is 2.42. The summed E-state index contributed by atoms with van der Waals surface area (Å²) in [4.78, 5) is 25.6. The SMILES string of the molecule is O=C(O)C1C2CCCC2CN1C(=O)CCc1ccccc1OC(F)(F)F. The van der Waals surface area contributed by atoms with Crippen molar-refractivity contribution in [2.24, 2.45) is 11.8 Å². The molecule has 1 amide bonds. The molecule has 8 heteroatoms. The van der Waals surface area contributed by atoms with Crippen molar-refractivity contribution in [3.05, 3.63) is 29.8 Å². The third kappa shape index (κ3) is 3.94. The quantitative estimate of drug-likeness (QED) is 0.863. The zero-order chi connectivity index (χ0) is 18.9. The van der Waals surface area contributed by atoms with E-state index in [1.807, 2.05) is 0 Å². The van der Waals surface area contributed by atoms with Crippen LogP contribution in [0, 0.1) is 11.8 Å². The molecule has 0 spiro atoms. The fourth-order valence-electron chi connectivity index (χ4n) is 4.20. The van der Waals surface area contributed by atoms with Crippen LogP contribution in [-0.4, -0.2) is 40.8 Å². The van der Waals surface area contributed by atoms with E-state index in [2.05, 4.69) is 4.74 Å². The van der Waals surface area contributed by atoms with Crippen molar-refractivity contribution in [1.82, 2.24) is 4.90 Å². The number of likely N-dealkylation sites (tertiary alicyclic amines) is 1. The average molecular weight is 371 g/mol. The number of para-hydroxylation sites is 1. The van der Waals surface area contributed by atoms with Gasteiger partial charge in [0, 0.05) is 13.0 Å². The lowest BCUT2D eigenvalue weighted by molar-refractivity contribution is -0.274. The summed E-state index contributed by atoms with van der Waals surface area (Å²) < 4.78 is 41.4. The van der Waals surface area contributed by atoms with Crippen LogP contribution in [0.1, 0.15) is 31.2 Å². The molecular formula is C18H20F3NO4. The molecule has 26 heavy (non-hydrogen) atoms. The van der Waals surface area contributed by atoms with Gasteiger partial charge in [-0.2, -0.15) is 0 Å². The van der Waals surface area contributed by atoms with E-state index in [9.17, 15) is 27.9 Å². The van der Waals surface area contributed by atoms with Crippen LogP contribution in [0.4, 0.5) is 13.2 Å². The first-order valence-electron chi connectivity index (χ1n) is 8.62. The van der Waals surface area contributed by atoms with Crippen molar-refractivity contribution in [3.63, 3.8) is 0 Å². The van der Waals surface area contributed by atoms with Crippen LogP contribution < -0.4 is 4.74 Å². The molecule has 3 rings (SSSR count). The maximum Gasteiger partial charge on any atom is 0.573 e. The fraction of sp³-hybridized carbons (Fsp3) is 0.556. The molecule has 5 nitrogen and oxygen atoms in total. The number of fused-ring (bicyclic) bond motifs is 1. The summed E-state index contributed by atoms with van der Waals surface area (Å²) in [5.74, 6) is -1.48. The molecule has 1 N–H and O–H groups in total. The molecule has 1 aromatic rings. The molecule has 1 saturated carbocycles. The van der Waals surface area contributed by atoms with Crippen molar-refractivity contribution in [1.29, 1.82) is 0 Å². The molecule has 0 radical (unpaired) electrons. The van der Waals surface area contributed by atoms with E-state index in [1.165, 1.54) is 23.1 Å². The highest BCUT2D eigenvalue weighted by atomic mass is 19.4. The van der Waals surface area contributed by atoms with E-state index in [0.29, 0.717) is 6.54 Å². The number of aryl methyl sites for hydroxylation is 1. The van der Waals surface area contributed by atoms with Crippen molar-refractivity contribution in [2.45, 2.75) is 44.5 Å². The Labute approximate surface area is 148 Å². The molecule has 2 aliphatic rings. The first-order chi connectivity index (χ1) is 12.3. The third-order valence-electron chi connectivity index (χ3n) is 5.27. The van der Waals surface area contributed by atoms with Crippen molar-refractivity contribution >= 4 is 11.9 Å². The van der Waals surface area contributed by atoms with Gasteiger partial charge >= 0.3 is 12.3 Å². The number of benzene rings is 1. The Hall–Kier alpha value is -2.25. The summed E-state index contributed by atoms with van der Waals surface area (Å²) in [5.41, 5.74) is 0.268. The summed E-state index contributed by atoms with van der Waals surface area (Å²) in [7, 11) is 0. The minimum Gasteiger partial charge on any atom is -0.480 e. The number of amides is 1. The minimum atomic E-state index is -4.80. The normalized spacial score (nSPS) is 25.2. The number of hydrogen-bond donors (Lipinski definition) is 1. The molecule has 3 unspecified atom stereocenters. The molecule has 2 fully saturated rings. The van der Waals surface area contributed by atoms with E-state index in [0.717, 1.165) is 19.3 Å². The number of carboxylic acids is 1. The summed E-state index contributed by atoms with van der Waals surface area (Å²) >= 11 is 0. The molecule has 1 aliphatic carbocycles. The number of alkyl halides is 3. The largest absolute Gasteiger partial charge is 0.573 e. The standard InChI is InChI=1S/C18H20F3NO4/c19-18(20,21)26-14-7-2-1-4-11(14)8-9-15(23)22-10-12-5-3-6-13(12)16(22)17(24)25/h1-2,4,7,12-13,16H,3,5-6,8-10H2,(H,24,25). The van der Waals surface area contributed by atoms with Gasteiger partial charge in [-0.1, -0.05) is 24.6 Å². The number of carboxylic acid groups (broad SMARTS) is 1. The maximum atomic E-state index is 12.6. The highest BCUT2D eigenvalue weighted by Gasteiger charge is 2.49. The Kier molecular flexibility index (Phi) is 5.11. The lowest BCUT2D eigenvalue weighted by atomic mass is 9.94. The van der Waals surface area contributed by atoms with Crippen molar-refractivity contribution in [3.8, 4) is 5.75 Å². The minimum absolute atomic E-state index is 0.0164. The van der Waals surface area contributed by atoms with E-state index in [4.69, 9.17) is 0 Å². The van der Waals surface area contributed by atoms with Crippen LogP contribution in [0.5, 0.6) is 5.75 Å². The number of halogens is 3.